The van der Waals surface area contributed by atoms with Gasteiger partial charge in [0.15, 0.2) is 0 Å². The molecule has 1 saturated heterocycles. The van der Waals surface area contributed by atoms with E-state index in [1.165, 1.54) is 0 Å². The predicted octanol–water partition coefficient (Wildman–Crippen LogP) is 0.282. The molecule has 84 valence electrons. The lowest BCUT2D eigenvalue weighted by Gasteiger charge is -2.35. The van der Waals surface area contributed by atoms with Crippen molar-refractivity contribution in [3.63, 3.8) is 0 Å². The van der Waals surface area contributed by atoms with Gasteiger partial charge in [-0.15, -0.1) is 5.10 Å². The van der Waals surface area contributed by atoms with Gasteiger partial charge in [0.25, 0.3) is 0 Å². The second kappa shape index (κ2) is 4.06. The Morgan fingerprint density at radius 1 is 1.60 bits per heavy atom. The highest BCUT2D eigenvalue weighted by atomic mass is 15.3. The molecule has 4 N–H and O–H groups in total. The zero-order chi connectivity index (χ0) is 10.8. The summed E-state index contributed by atoms with van der Waals surface area (Å²) in [6, 6.07) is 1.05. The Hall–Kier alpha value is -1.30. The summed E-state index contributed by atoms with van der Waals surface area (Å²) in [4.78, 5) is 6.40. The summed E-state index contributed by atoms with van der Waals surface area (Å²) in [6.07, 6.45) is 2.24. The average Bonchev–Trinajstić information content (AvgIpc) is 2.58. The van der Waals surface area contributed by atoms with Gasteiger partial charge in [-0.3, -0.25) is 0 Å². The van der Waals surface area contributed by atoms with E-state index in [0.29, 0.717) is 24.0 Å². The summed E-state index contributed by atoms with van der Waals surface area (Å²) >= 11 is 0. The van der Waals surface area contributed by atoms with Crippen molar-refractivity contribution in [1.82, 2.24) is 20.1 Å². The third kappa shape index (κ3) is 2.38. The lowest BCUT2D eigenvalue weighted by atomic mass is 9.99. The minimum Gasteiger partial charge on any atom is -0.368 e. The number of aromatic amines is 1. The van der Waals surface area contributed by atoms with Crippen LogP contribution in [0.25, 0.3) is 0 Å². The van der Waals surface area contributed by atoms with Crippen LogP contribution in [0.4, 0.5) is 11.9 Å². The Bertz CT molecular complexity index is 322. The maximum absolute atomic E-state index is 5.46. The number of nitrogens with zero attached hydrogens (tertiary/aromatic N) is 3. The number of nitrogens with two attached hydrogens (primary N) is 1. The molecule has 0 spiro atoms. The van der Waals surface area contributed by atoms with Gasteiger partial charge >= 0.3 is 0 Å². The molecule has 6 nitrogen and oxygen atoms in total. The molecular weight excluding hydrogens is 192 g/mol. The van der Waals surface area contributed by atoms with Gasteiger partial charge in [0.1, 0.15) is 0 Å². The van der Waals surface area contributed by atoms with Crippen molar-refractivity contribution >= 4 is 11.9 Å². The van der Waals surface area contributed by atoms with Crippen LogP contribution in [0.15, 0.2) is 0 Å². The predicted molar refractivity (Wildman–Crippen MR) is 59.5 cm³/mol. The van der Waals surface area contributed by atoms with Crippen molar-refractivity contribution in [2.45, 2.75) is 31.8 Å². The van der Waals surface area contributed by atoms with Crippen LogP contribution in [0.2, 0.25) is 0 Å². The molecule has 0 aliphatic carbocycles. The number of hydrogen-bond acceptors (Lipinski definition) is 5. The first kappa shape index (κ1) is 10.2. The molecule has 1 aliphatic rings. The van der Waals surface area contributed by atoms with Crippen LogP contribution in [0.3, 0.4) is 0 Å². The maximum Gasteiger partial charge on any atom is 0.243 e. The van der Waals surface area contributed by atoms with Gasteiger partial charge in [-0.1, -0.05) is 0 Å². The van der Waals surface area contributed by atoms with E-state index in [1.54, 1.807) is 0 Å². The topological polar surface area (TPSA) is 82.9 Å². The Labute approximate surface area is 89.2 Å². The van der Waals surface area contributed by atoms with E-state index in [2.05, 4.69) is 39.4 Å². The van der Waals surface area contributed by atoms with Crippen molar-refractivity contribution < 1.29 is 0 Å². The minimum absolute atomic E-state index is 0.360. The number of hydrogen-bond donors (Lipinski definition) is 3. The van der Waals surface area contributed by atoms with Gasteiger partial charge in [-0.05, 0) is 26.8 Å². The summed E-state index contributed by atoms with van der Waals surface area (Å²) in [6.45, 7) is 3.35. The smallest absolute Gasteiger partial charge is 0.243 e. The van der Waals surface area contributed by atoms with E-state index in [4.69, 9.17) is 5.73 Å². The molecule has 6 heteroatoms. The van der Waals surface area contributed by atoms with E-state index in [-0.39, 0.29) is 0 Å². The lowest BCUT2D eigenvalue weighted by Crippen LogP contribution is -2.42. The van der Waals surface area contributed by atoms with Crippen LogP contribution in [0.1, 0.15) is 19.8 Å². The minimum atomic E-state index is 0.360. The molecule has 0 saturated carbocycles. The first-order chi connectivity index (χ1) is 7.15. The summed E-state index contributed by atoms with van der Waals surface area (Å²) in [5, 5.41) is 9.88. The van der Waals surface area contributed by atoms with Gasteiger partial charge < -0.3 is 16.0 Å². The van der Waals surface area contributed by atoms with Crippen molar-refractivity contribution in [2.24, 2.45) is 0 Å². The number of piperidine rings is 1. The fraction of sp³-hybridized carbons (Fsp3) is 0.778. The first-order valence-electron chi connectivity index (χ1n) is 5.30. The van der Waals surface area contributed by atoms with Crippen LogP contribution in [-0.2, 0) is 0 Å². The monoisotopic (exact) mass is 210 g/mol. The fourth-order valence-corrected chi connectivity index (χ4v) is 1.94. The number of likely N-dealkylation sites (tertiary alicyclic amines) is 1. The molecule has 2 heterocycles. The average molecular weight is 210 g/mol. The summed E-state index contributed by atoms with van der Waals surface area (Å²) in [5.74, 6) is 0.965. The Kier molecular flexibility index (Phi) is 2.77. The van der Waals surface area contributed by atoms with E-state index >= 15 is 0 Å². The number of rotatable bonds is 2. The van der Waals surface area contributed by atoms with Crippen LogP contribution in [-0.4, -0.2) is 45.8 Å². The van der Waals surface area contributed by atoms with E-state index in [0.717, 1.165) is 19.4 Å². The maximum atomic E-state index is 5.46. The second-order valence-corrected chi connectivity index (χ2v) is 4.24. The third-order valence-electron chi connectivity index (χ3n) is 3.04. The van der Waals surface area contributed by atoms with Gasteiger partial charge in [-0.2, -0.15) is 4.98 Å². The summed E-state index contributed by atoms with van der Waals surface area (Å²) < 4.78 is 0. The Morgan fingerprint density at radius 3 is 3.00 bits per heavy atom. The second-order valence-electron chi connectivity index (χ2n) is 4.24. The zero-order valence-electron chi connectivity index (χ0n) is 9.20. The van der Waals surface area contributed by atoms with Gasteiger partial charge in [0.2, 0.25) is 11.9 Å². The molecule has 2 unspecified atom stereocenters. The van der Waals surface area contributed by atoms with E-state index < -0.39 is 0 Å². The van der Waals surface area contributed by atoms with Crippen LogP contribution < -0.4 is 11.1 Å². The molecule has 1 aromatic heterocycles. The standard InChI is InChI=1S/C9H18N6/c1-6-5-7(3-4-15(6)2)11-9-12-8(10)13-14-9/h6-7H,3-5H2,1-2H3,(H4,10,11,12,13,14). The van der Waals surface area contributed by atoms with Crippen LogP contribution in [0.5, 0.6) is 0 Å². The molecule has 0 radical (unpaired) electrons. The highest BCUT2D eigenvalue weighted by molar-refractivity contribution is 5.31. The largest absolute Gasteiger partial charge is 0.368 e. The van der Waals surface area contributed by atoms with E-state index in [9.17, 15) is 0 Å². The summed E-state index contributed by atoms with van der Waals surface area (Å²) in [5.41, 5.74) is 5.46. The molecule has 1 fully saturated rings. The van der Waals surface area contributed by atoms with Gasteiger partial charge in [0, 0.05) is 18.6 Å². The summed E-state index contributed by atoms with van der Waals surface area (Å²) in [7, 11) is 2.16. The molecule has 0 amide bonds. The molecule has 0 aromatic carbocycles. The SMILES string of the molecule is CC1CC(Nc2n[nH]c(N)n2)CCN1C. The van der Waals surface area contributed by atoms with E-state index in [1.807, 2.05) is 0 Å². The highest BCUT2D eigenvalue weighted by Gasteiger charge is 2.23. The third-order valence-corrected chi connectivity index (χ3v) is 3.04. The number of H-pyrrole nitrogens is 1. The number of nitrogens with one attached hydrogen (secondary N) is 2. The number of aromatic nitrogens is 3. The molecule has 1 aliphatic heterocycles. The molecule has 15 heavy (non-hydrogen) atoms. The molecule has 2 atom stereocenters. The van der Waals surface area contributed by atoms with Crippen molar-refractivity contribution in [3.05, 3.63) is 0 Å². The molecule has 0 bridgehead atoms. The fourth-order valence-electron chi connectivity index (χ4n) is 1.94. The Morgan fingerprint density at radius 2 is 2.40 bits per heavy atom. The zero-order valence-corrected chi connectivity index (χ0v) is 9.20. The van der Waals surface area contributed by atoms with Crippen molar-refractivity contribution in [1.29, 1.82) is 0 Å². The van der Waals surface area contributed by atoms with Crippen molar-refractivity contribution in [3.8, 4) is 0 Å². The quantitative estimate of drug-likeness (QED) is 0.653. The van der Waals surface area contributed by atoms with Crippen molar-refractivity contribution in [2.75, 3.05) is 24.6 Å². The molecule has 2 rings (SSSR count). The lowest BCUT2D eigenvalue weighted by molar-refractivity contribution is 0.190. The Balaban J connectivity index is 1.90. The number of nitrogen functional groups attached to an aromatic ring is 1. The van der Waals surface area contributed by atoms with Gasteiger partial charge in [-0.25, -0.2) is 5.10 Å². The van der Waals surface area contributed by atoms with Gasteiger partial charge in [0.05, 0.1) is 0 Å². The highest BCUT2D eigenvalue weighted by Crippen LogP contribution is 2.18. The first-order valence-corrected chi connectivity index (χ1v) is 5.30. The molecular formula is C9H18N6. The van der Waals surface area contributed by atoms with Crippen LogP contribution in [0, 0.1) is 0 Å². The van der Waals surface area contributed by atoms with Crippen LogP contribution >= 0.6 is 0 Å². The number of anilines is 2. The normalized spacial score (nSPS) is 27.9. The molecule has 1 aromatic rings.